The van der Waals surface area contributed by atoms with E-state index in [1.165, 1.54) is 25.9 Å². The van der Waals surface area contributed by atoms with Crippen molar-refractivity contribution in [2.24, 2.45) is 0 Å². The first-order valence-corrected chi connectivity index (χ1v) is 4.05. The third-order valence-electron chi connectivity index (χ3n) is 1.95. The van der Waals surface area contributed by atoms with Crippen LogP contribution < -0.4 is 5.09 Å². The van der Waals surface area contributed by atoms with E-state index in [0.717, 1.165) is 6.04 Å². The van der Waals surface area contributed by atoms with Crippen LogP contribution in [0.4, 0.5) is 0 Å². The first-order valence-electron chi connectivity index (χ1n) is 3.47. The molecule has 1 rings (SSSR count). The molecule has 54 valence electrons. The first kappa shape index (κ1) is 7.46. The predicted octanol–water partition coefficient (Wildman–Crippen LogP) is 0.460. The summed E-state index contributed by atoms with van der Waals surface area (Å²) < 4.78 is 0. The minimum Gasteiger partial charge on any atom is -0.306 e. The largest absolute Gasteiger partial charge is 0.306 e. The third-order valence-corrected chi connectivity index (χ3v) is 2.43. The Bertz CT molecular complexity index is 79.1. The molecule has 1 atom stereocenters. The van der Waals surface area contributed by atoms with E-state index in [2.05, 4.69) is 26.4 Å². The molecule has 0 aromatic carbocycles. The minimum atomic E-state index is 0.742. The van der Waals surface area contributed by atoms with Crippen LogP contribution in [0.3, 0.4) is 0 Å². The van der Waals surface area contributed by atoms with Gasteiger partial charge >= 0.3 is 0 Å². The molecule has 1 fully saturated rings. The maximum atomic E-state index is 3.21. The molecule has 3 heteroatoms. The fraction of sp³-hybridized carbons (Fsp3) is 1.00. The van der Waals surface area contributed by atoms with E-state index in [0.29, 0.717) is 0 Å². The number of likely N-dealkylation sites (tertiary alicyclic amines) is 1. The normalized spacial score (nSPS) is 24.7. The summed E-state index contributed by atoms with van der Waals surface area (Å²) in [5, 5.41) is 3.21. The molecule has 0 spiro atoms. The van der Waals surface area contributed by atoms with Gasteiger partial charge in [0, 0.05) is 6.04 Å². The molecule has 1 unspecified atom stereocenters. The number of hydrogen-bond donors (Lipinski definition) is 1. The van der Waals surface area contributed by atoms with Crippen molar-refractivity contribution in [1.82, 2.24) is 9.99 Å². The van der Waals surface area contributed by atoms with Gasteiger partial charge in [-0.2, -0.15) is 0 Å². The van der Waals surface area contributed by atoms with Crippen LogP contribution in [0.15, 0.2) is 0 Å². The Kier molecular flexibility index (Phi) is 2.90. The minimum absolute atomic E-state index is 0.742. The zero-order chi connectivity index (χ0) is 6.69. The Morgan fingerprint density at radius 3 is 2.44 bits per heavy atom. The summed E-state index contributed by atoms with van der Waals surface area (Å²) in [6.07, 6.45) is 2.58. The Balaban J connectivity index is 2.18. The van der Waals surface area contributed by atoms with Crippen LogP contribution in [0.2, 0.25) is 0 Å². The van der Waals surface area contributed by atoms with Crippen LogP contribution in [0.1, 0.15) is 12.8 Å². The zero-order valence-corrected chi connectivity index (χ0v) is 7.09. The van der Waals surface area contributed by atoms with Crippen LogP contribution in [0, 0.1) is 0 Å². The van der Waals surface area contributed by atoms with Crippen molar-refractivity contribution in [2.75, 3.05) is 20.1 Å². The van der Waals surface area contributed by atoms with Gasteiger partial charge in [-0.25, -0.2) is 0 Å². The Morgan fingerprint density at radius 1 is 1.44 bits per heavy atom. The van der Waals surface area contributed by atoms with E-state index in [1.807, 2.05) is 0 Å². The molecule has 2 nitrogen and oxygen atoms in total. The van der Waals surface area contributed by atoms with E-state index >= 15 is 0 Å². The van der Waals surface area contributed by atoms with Crippen LogP contribution >= 0.6 is 9.39 Å². The third kappa shape index (κ3) is 2.21. The summed E-state index contributed by atoms with van der Waals surface area (Å²) in [5.41, 5.74) is 0. The summed E-state index contributed by atoms with van der Waals surface area (Å²) in [7, 11) is 4.77. The second-order valence-electron chi connectivity index (χ2n) is 2.74. The van der Waals surface area contributed by atoms with Crippen LogP contribution in [0.5, 0.6) is 0 Å². The predicted molar refractivity (Wildman–Crippen MR) is 43.4 cm³/mol. The average molecular weight is 146 g/mol. The molecular formula is C6H15N2P. The molecule has 1 saturated heterocycles. The van der Waals surface area contributed by atoms with Gasteiger partial charge in [-0.15, -0.1) is 0 Å². The van der Waals surface area contributed by atoms with Crippen molar-refractivity contribution in [3.05, 3.63) is 0 Å². The summed E-state index contributed by atoms with van der Waals surface area (Å²) in [5.74, 6) is 0. The van der Waals surface area contributed by atoms with Gasteiger partial charge in [-0.3, -0.25) is 5.09 Å². The average Bonchev–Trinajstić information content (AvgIpc) is 1.90. The maximum absolute atomic E-state index is 3.21. The van der Waals surface area contributed by atoms with E-state index in [4.69, 9.17) is 0 Å². The highest BCUT2D eigenvalue weighted by Crippen LogP contribution is 2.08. The van der Waals surface area contributed by atoms with E-state index < -0.39 is 0 Å². The highest BCUT2D eigenvalue weighted by atomic mass is 31.0. The summed E-state index contributed by atoms with van der Waals surface area (Å²) >= 11 is 0. The SMILES string of the molecule is CN1CCC(NP)CC1. The lowest BCUT2D eigenvalue weighted by Crippen LogP contribution is -2.37. The fourth-order valence-electron chi connectivity index (χ4n) is 1.18. The molecule has 0 aromatic heterocycles. The van der Waals surface area contributed by atoms with Crippen molar-refractivity contribution in [3.8, 4) is 0 Å². The number of hydrogen-bond acceptors (Lipinski definition) is 2. The lowest BCUT2D eigenvalue weighted by atomic mass is 10.1. The van der Waals surface area contributed by atoms with Gasteiger partial charge in [0.1, 0.15) is 0 Å². The topological polar surface area (TPSA) is 15.3 Å². The Labute approximate surface area is 59.3 Å². The van der Waals surface area contributed by atoms with E-state index in [1.54, 1.807) is 0 Å². The van der Waals surface area contributed by atoms with E-state index in [9.17, 15) is 0 Å². The summed E-state index contributed by atoms with van der Waals surface area (Å²) in [6, 6.07) is 0.742. The molecule has 0 bridgehead atoms. The van der Waals surface area contributed by atoms with Crippen molar-refractivity contribution < 1.29 is 0 Å². The highest BCUT2D eigenvalue weighted by molar-refractivity contribution is 7.13. The van der Waals surface area contributed by atoms with Gasteiger partial charge in [0.2, 0.25) is 0 Å². The fourth-order valence-corrected chi connectivity index (χ4v) is 1.51. The van der Waals surface area contributed by atoms with Crippen molar-refractivity contribution >= 4 is 9.39 Å². The molecule has 1 N–H and O–H groups in total. The van der Waals surface area contributed by atoms with Crippen LogP contribution in [-0.2, 0) is 0 Å². The molecule has 0 aromatic rings. The summed E-state index contributed by atoms with van der Waals surface area (Å²) in [6.45, 7) is 2.48. The lowest BCUT2D eigenvalue weighted by Gasteiger charge is -2.28. The highest BCUT2D eigenvalue weighted by Gasteiger charge is 2.13. The monoisotopic (exact) mass is 146 g/mol. The van der Waals surface area contributed by atoms with Gasteiger partial charge in [-0.05, 0) is 33.0 Å². The zero-order valence-electron chi connectivity index (χ0n) is 5.93. The summed E-state index contributed by atoms with van der Waals surface area (Å²) in [4.78, 5) is 2.37. The first-order chi connectivity index (χ1) is 4.33. The second-order valence-corrected chi connectivity index (χ2v) is 3.08. The Hall–Kier alpha value is 0.350. The van der Waals surface area contributed by atoms with Gasteiger partial charge in [0.25, 0.3) is 0 Å². The van der Waals surface area contributed by atoms with Crippen molar-refractivity contribution in [2.45, 2.75) is 18.9 Å². The van der Waals surface area contributed by atoms with Gasteiger partial charge in [0.05, 0.1) is 0 Å². The lowest BCUT2D eigenvalue weighted by molar-refractivity contribution is 0.250. The smallest absolute Gasteiger partial charge is 0.0123 e. The quantitative estimate of drug-likeness (QED) is 0.541. The standard InChI is InChI=1S/C6H15N2P/c1-8-4-2-6(7-9)3-5-8/h6-7H,2-5,9H2,1H3. The second kappa shape index (κ2) is 3.50. The number of rotatable bonds is 1. The molecule has 1 aliphatic rings. The van der Waals surface area contributed by atoms with E-state index in [-0.39, 0.29) is 0 Å². The molecule has 0 radical (unpaired) electrons. The van der Waals surface area contributed by atoms with Gasteiger partial charge < -0.3 is 4.90 Å². The molecule has 9 heavy (non-hydrogen) atoms. The maximum Gasteiger partial charge on any atom is 0.0123 e. The number of nitrogens with one attached hydrogen (secondary N) is 1. The molecule has 0 aliphatic carbocycles. The number of piperidine rings is 1. The molecule has 1 aliphatic heterocycles. The van der Waals surface area contributed by atoms with Crippen LogP contribution in [0.25, 0.3) is 0 Å². The van der Waals surface area contributed by atoms with Gasteiger partial charge in [-0.1, -0.05) is 9.39 Å². The molecule has 0 saturated carbocycles. The molecule has 1 heterocycles. The van der Waals surface area contributed by atoms with Crippen molar-refractivity contribution in [3.63, 3.8) is 0 Å². The van der Waals surface area contributed by atoms with Crippen LogP contribution in [-0.4, -0.2) is 31.1 Å². The molecule has 0 amide bonds. The van der Waals surface area contributed by atoms with Gasteiger partial charge in [0.15, 0.2) is 0 Å². The molecular weight excluding hydrogens is 131 g/mol. The van der Waals surface area contributed by atoms with Crippen molar-refractivity contribution in [1.29, 1.82) is 0 Å². The Morgan fingerprint density at radius 2 is 2.00 bits per heavy atom. The number of nitrogens with zero attached hydrogens (tertiary/aromatic N) is 1.